The lowest BCUT2D eigenvalue weighted by Crippen LogP contribution is -2.20. The number of rotatable bonds is 0. The molecule has 0 atom stereocenters. The van der Waals surface area contributed by atoms with E-state index in [9.17, 15) is 9.59 Å². The van der Waals surface area contributed by atoms with Crippen molar-refractivity contribution in [2.45, 2.75) is 33.6 Å². The number of carbonyl (C=O) groups excluding carboxylic acids is 2. The summed E-state index contributed by atoms with van der Waals surface area (Å²) in [5, 5.41) is 0. The van der Waals surface area contributed by atoms with E-state index in [4.69, 9.17) is 0 Å². The Labute approximate surface area is 90.5 Å². The van der Waals surface area contributed by atoms with Crippen LogP contribution in [0.15, 0.2) is 11.6 Å². The van der Waals surface area contributed by atoms with Crippen molar-refractivity contribution in [2.24, 2.45) is 11.1 Å². The molecule has 0 aromatic carbocycles. The van der Waals surface area contributed by atoms with Crippen LogP contribution in [0.25, 0.3) is 0 Å². The van der Waals surface area contributed by atoms with E-state index in [1.807, 2.05) is 6.92 Å². The summed E-state index contributed by atoms with van der Waals surface area (Å²) in [5.74, 6) is 0.286. The maximum absolute atomic E-state index is 11.0. The van der Waals surface area contributed by atoms with E-state index >= 15 is 0 Å². The highest BCUT2D eigenvalue weighted by Crippen LogP contribution is 2.32. The van der Waals surface area contributed by atoms with Crippen molar-refractivity contribution >= 4 is 11.9 Å². The summed E-state index contributed by atoms with van der Waals surface area (Å²) >= 11 is 0. The molecule has 0 heterocycles. The van der Waals surface area contributed by atoms with Gasteiger partial charge in [0.2, 0.25) is 0 Å². The van der Waals surface area contributed by atoms with Crippen LogP contribution in [0.3, 0.4) is 0 Å². The van der Waals surface area contributed by atoms with Gasteiger partial charge in [-0.3, -0.25) is 4.79 Å². The van der Waals surface area contributed by atoms with Gasteiger partial charge < -0.3 is 10.5 Å². The second kappa shape index (κ2) is 5.53. The summed E-state index contributed by atoms with van der Waals surface area (Å²) in [4.78, 5) is 20.4. The fraction of sp³-hybridized carbons (Fsp3) is 0.636. The predicted molar refractivity (Wildman–Crippen MR) is 58.4 cm³/mol. The van der Waals surface area contributed by atoms with E-state index in [0.717, 1.165) is 6.42 Å². The molecule has 2 N–H and O–H groups in total. The maximum atomic E-state index is 11.0. The number of primary amides is 1. The molecule has 1 amide bonds. The number of methoxy groups -OCH3 is 1. The molecule has 0 saturated carbocycles. The van der Waals surface area contributed by atoms with Gasteiger partial charge >= 0.3 is 6.09 Å². The molecule has 0 bridgehead atoms. The van der Waals surface area contributed by atoms with E-state index in [0.29, 0.717) is 6.42 Å². The molecule has 86 valence electrons. The van der Waals surface area contributed by atoms with Crippen molar-refractivity contribution in [1.29, 1.82) is 0 Å². The highest BCUT2D eigenvalue weighted by molar-refractivity contribution is 5.91. The first-order valence-electron chi connectivity index (χ1n) is 4.80. The zero-order valence-electron chi connectivity index (χ0n) is 9.79. The minimum Gasteiger partial charge on any atom is -0.453 e. The molecule has 0 radical (unpaired) electrons. The zero-order chi connectivity index (χ0) is 12.1. The molecule has 0 aromatic heterocycles. The van der Waals surface area contributed by atoms with Crippen molar-refractivity contribution in [3.8, 4) is 0 Å². The van der Waals surface area contributed by atoms with Gasteiger partial charge in [-0.1, -0.05) is 19.4 Å². The van der Waals surface area contributed by atoms with E-state index in [1.54, 1.807) is 6.08 Å². The number of carbonyl (C=O) groups is 2. The van der Waals surface area contributed by atoms with E-state index in [2.05, 4.69) is 24.3 Å². The monoisotopic (exact) mass is 213 g/mol. The van der Waals surface area contributed by atoms with E-state index in [1.165, 1.54) is 12.7 Å². The van der Waals surface area contributed by atoms with Crippen LogP contribution in [0.4, 0.5) is 4.79 Å². The smallest absolute Gasteiger partial charge is 0.404 e. The Balaban J connectivity index is 0.000000336. The molecule has 0 saturated heterocycles. The maximum Gasteiger partial charge on any atom is 0.404 e. The fourth-order valence-electron chi connectivity index (χ4n) is 1.67. The van der Waals surface area contributed by atoms with E-state index < -0.39 is 6.09 Å². The first kappa shape index (κ1) is 13.7. The molecule has 0 aromatic rings. The Kier molecular flexibility index (Phi) is 5.05. The van der Waals surface area contributed by atoms with Crippen molar-refractivity contribution in [3.63, 3.8) is 0 Å². The van der Waals surface area contributed by atoms with Gasteiger partial charge in [0.15, 0.2) is 5.78 Å². The van der Waals surface area contributed by atoms with Gasteiger partial charge in [-0.05, 0) is 24.8 Å². The third-order valence-electron chi connectivity index (χ3n) is 2.02. The van der Waals surface area contributed by atoms with Crippen LogP contribution < -0.4 is 5.73 Å². The van der Waals surface area contributed by atoms with Gasteiger partial charge in [0.1, 0.15) is 0 Å². The molecule has 15 heavy (non-hydrogen) atoms. The van der Waals surface area contributed by atoms with Crippen molar-refractivity contribution < 1.29 is 14.3 Å². The minimum absolute atomic E-state index is 0.204. The van der Waals surface area contributed by atoms with Crippen LogP contribution in [0, 0.1) is 5.41 Å². The number of amides is 1. The van der Waals surface area contributed by atoms with Crippen LogP contribution in [-0.4, -0.2) is 19.0 Å². The lowest BCUT2D eigenvalue weighted by Gasteiger charge is -2.27. The highest BCUT2D eigenvalue weighted by atomic mass is 16.5. The number of nitrogens with two attached hydrogens (primary N) is 1. The van der Waals surface area contributed by atoms with Gasteiger partial charge in [0.05, 0.1) is 7.11 Å². The molecule has 1 rings (SSSR count). The summed E-state index contributed by atoms with van der Waals surface area (Å²) < 4.78 is 3.89. The Morgan fingerprint density at radius 2 is 1.93 bits per heavy atom. The van der Waals surface area contributed by atoms with Crippen molar-refractivity contribution in [2.75, 3.05) is 7.11 Å². The zero-order valence-corrected chi connectivity index (χ0v) is 9.79. The molecule has 4 nitrogen and oxygen atoms in total. The third-order valence-corrected chi connectivity index (χ3v) is 2.02. The lowest BCUT2D eigenvalue weighted by molar-refractivity contribution is -0.117. The summed E-state index contributed by atoms with van der Waals surface area (Å²) in [5.41, 5.74) is 5.86. The Hall–Kier alpha value is -1.32. The Bertz CT molecular complexity index is 280. The van der Waals surface area contributed by atoms with Gasteiger partial charge in [-0.25, -0.2) is 4.79 Å². The van der Waals surface area contributed by atoms with E-state index in [-0.39, 0.29) is 11.2 Å². The van der Waals surface area contributed by atoms with Crippen LogP contribution in [0.2, 0.25) is 0 Å². The summed E-state index contributed by atoms with van der Waals surface area (Å²) in [6, 6.07) is 0. The number of hydrogen-bond donors (Lipinski definition) is 1. The van der Waals surface area contributed by atoms with Crippen LogP contribution in [-0.2, 0) is 9.53 Å². The molecule has 4 heteroatoms. The topological polar surface area (TPSA) is 69.4 Å². The van der Waals surface area contributed by atoms with Crippen molar-refractivity contribution in [3.05, 3.63) is 11.6 Å². The van der Waals surface area contributed by atoms with Gasteiger partial charge in [0.25, 0.3) is 0 Å². The molecule has 1 aliphatic rings. The van der Waals surface area contributed by atoms with Crippen LogP contribution in [0.1, 0.15) is 33.6 Å². The summed E-state index contributed by atoms with van der Waals surface area (Å²) in [7, 11) is 1.22. The second-order valence-electron chi connectivity index (χ2n) is 4.50. The average molecular weight is 213 g/mol. The largest absolute Gasteiger partial charge is 0.453 e. The molecule has 0 aliphatic heterocycles. The van der Waals surface area contributed by atoms with Gasteiger partial charge in [0, 0.05) is 6.42 Å². The number of ketones is 1. The Morgan fingerprint density at radius 1 is 1.47 bits per heavy atom. The molecule has 0 spiro atoms. The third kappa shape index (κ3) is 6.71. The lowest BCUT2D eigenvalue weighted by atomic mass is 9.77. The van der Waals surface area contributed by atoms with Crippen LogP contribution >= 0.6 is 0 Å². The fourth-order valence-corrected chi connectivity index (χ4v) is 1.67. The number of allylic oxidation sites excluding steroid dienone is 2. The SMILES string of the molecule is CC1=CC(=O)CC(C)(C)C1.COC(N)=O. The van der Waals surface area contributed by atoms with Crippen molar-refractivity contribution in [1.82, 2.24) is 0 Å². The number of hydrogen-bond acceptors (Lipinski definition) is 3. The highest BCUT2D eigenvalue weighted by Gasteiger charge is 2.25. The first-order valence-corrected chi connectivity index (χ1v) is 4.80. The second-order valence-corrected chi connectivity index (χ2v) is 4.50. The molecule has 0 unspecified atom stereocenters. The van der Waals surface area contributed by atoms with Gasteiger partial charge in [-0.15, -0.1) is 0 Å². The minimum atomic E-state index is -0.745. The predicted octanol–water partition coefficient (Wildman–Crippen LogP) is 2.03. The number of ether oxygens (including phenoxy) is 1. The normalized spacial score (nSPS) is 18.4. The molecular formula is C11H19NO3. The summed E-state index contributed by atoms with van der Waals surface area (Å²) in [6.07, 6.45) is 2.80. The standard InChI is InChI=1S/C9H14O.C2H5NO2/c1-7-4-8(10)6-9(2,3)5-7;1-5-2(3)4/h4H,5-6H2,1-3H3;1H3,(H2,3,4). The first-order chi connectivity index (χ1) is 6.76. The van der Waals surface area contributed by atoms with Gasteiger partial charge in [-0.2, -0.15) is 0 Å². The Morgan fingerprint density at radius 3 is 2.20 bits per heavy atom. The molecular weight excluding hydrogens is 194 g/mol. The molecule has 1 aliphatic carbocycles. The van der Waals surface area contributed by atoms with Crippen LogP contribution in [0.5, 0.6) is 0 Å². The quantitative estimate of drug-likeness (QED) is 0.669. The average Bonchev–Trinajstić information content (AvgIpc) is 2.00. The molecule has 0 fully saturated rings. The summed E-state index contributed by atoms with van der Waals surface area (Å²) in [6.45, 7) is 6.31.